The molecule has 0 N–H and O–H groups in total. The van der Waals surface area contributed by atoms with Crippen molar-refractivity contribution in [3.8, 4) is 0 Å². The number of aryl methyl sites for hydroxylation is 2. The predicted molar refractivity (Wildman–Crippen MR) is 86.8 cm³/mol. The maximum Gasteiger partial charge on any atom is 0.133 e. The maximum atomic E-state index is 4.64. The maximum absolute atomic E-state index is 4.64. The zero-order valence-electron chi connectivity index (χ0n) is 14.0. The monoisotopic (exact) mass is 299 g/mol. The third-order valence-electron chi connectivity index (χ3n) is 4.26. The summed E-state index contributed by atoms with van der Waals surface area (Å²) >= 11 is 0. The Morgan fingerprint density at radius 3 is 2.64 bits per heavy atom. The Hall–Kier alpha value is -1.75. The normalized spacial score (nSPS) is 19.2. The average molecular weight is 299 g/mol. The smallest absolute Gasteiger partial charge is 0.133 e. The van der Waals surface area contributed by atoms with E-state index in [0.29, 0.717) is 12.0 Å². The predicted octanol–water partition coefficient (Wildman–Crippen LogP) is 2.86. The Balaban J connectivity index is 1.68. The third-order valence-corrected chi connectivity index (χ3v) is 4.26. The standard InChI is InChI=1S/C17H25N5/c1-12(2)22-16(5-7-18-22)11-21-8-6-15(10-21)17-19-13(3)9-14(4)20-17/h5,7,9,12,15H,6,8,10-11H2,1-4H3/t15-/m0/s1. The van der Waals surface area contributed by atoms with Crippen LogP contribution in [-0.2, 0) is 6.54 Å². The summed E-state index contributed by atoms with van der Waals surface area (Å²) in [6.07, 6.45) is 3.04. The van der Waals surface area contributed by atoms with Crippen LogP contribution in [0.4, 0.5) is 0 Å². The highest BCUT2D eigenvalue weighted by atomic mass is 15.3. The Labute approximate surface area is 132 Å². The summed E-state index contributed by atoms with van der Waals surface area (Å²) in [7, 11) is 0. The van der Waals surface area contributed by atoms with E-state index in [0.717, 1.165) is 43.3 Å². The molecule has 5 heteroatoms. The molecule has 5 nitrogen and oxygen atoms in total. The van der Waals surface area contributed by atoms with Crippen LogP contribution in [0.1, 0.15) is 55.1 Å². The van der Waals surface area contributed by atoms with Crippen molar-refractivity contribution in [2.75, 3.05) is 13.1 Å². The first-order valence-corrected chi connectivity index (χ1v) is 8.10. The van der Waals surface area contributed by atoms with Gasteiger partial charge < -0.3 is 0 Å². The van der Waals surface area contributed by atoms with E-state index in [1.165, 1.54) is 5.69 Å². The van der Waals surface area contributed by atoms with Crippen LogP contribution in [0.25, 0.3) is 0 Å². The van der Waals surface area contributed by atoms with E-state index in [-0.39, 0.29) is 0 Å². The van der Waals surface area contributed by atoms with Crippen LogP contribution in [0.2, 0.25) is 0 Å². The molecule has 118 valence electrons. The van der Waals surface area contributed by atoms with Gasteiger partial charge in [-0.1, -0.05) is 0 Å². The van der Waals surface area contributed by atoms with Crippen molar-refractivity contribution in [2.24, 2.45) is 0 Å². The minimum absolute atomic E-state index is 0.408. The van der Waals surface area contributed by atoms with E-state index < -0.39 is 0 Å². The molecule has 1 aliphatic heterocycles. The molecule has 0 bridgehead atoms. The van der Waals surface area contributed by atoms with Crippen molar-refractivity contribution in [3.05, 3.63) is 41.2 Å². The van der Waals surface area contributed by atoms with Gasteiger partial charge in [-0.15, -0.1) is 0 Å². The van der Waals surface area contributed by atoms with Crippen LogP contribution in [0, 0.1) is 13.8 Å². The van der Waals surface area contributed by atoms with Crippen molar-refractivity contribution in [1.29, 1.82) is 0 Å². The first kappa shape index (κ1) is 15.2. The van der Waals surface area contributed by atoms with Gasteiger partial charge in [-0.05, 0) is 52.8 Å². The summed E-state index contributed by atoms with van der Waals surface area (Å²) in [6.45, 7) is 11.5. The van der Waals surface area contributed by atoms with Gasteiger partial charge in [0, 0.05) is 42.6 Å². The lowest BCUT2D eigenvalue weighted by molar-refractivity contribution is 0.309. The lowest BCUT2D eigenvalue weighted by Crippen LogP contribution is -2.23. The molecule has 1 fully saturated rings. The highest BCUT2D eigenvalue weighted by Gasteiger charge is 2.27. The Morgan fingerprint density at radius 2 is 1.95 bits per heavy atom. The molecule has 0 radical (unpaired) electrons. The van der Waals surface area contributed by atoms with Gasteiger partial charge in [-0.2, -0.15) is 5.10 Å². The Kier molecular flexibility index (Phi) is 4.25. The summed E-state index contributed by atoms with van der Waals surface area (Å²) in [5.41, 5.74) is 3.43. The van der Waals surface area contributed by atoms with Crippen molar-refractivity contribution in [3.63, 3.8) is 0 Å². The molecule has 3 heterocycles. The number of aromatic nitrogens is 4. The molecule has 0 amide bonds. The zero-order valence-corrected chi connectivity index (χ0v) is 14.0. The number of hydrogen-bond donors (Lipinski definition) is 0. The molecule has 1 saturated heterocycles. The van der Waals surface area contributed by atoms with Gasteiger partial charge in [-0.3, -0.25) is 9.58 Å². The summed E-state index contributed by atoms with van der Waals surface area (Å²) in [6, 6.07) is 4.57. The number of nitrogens with zero attached hydrogens (tertiary/aromatic N) is 5. The first-order chi connectivity index (χ1) is 10.5. The molecule has 22 heavy (non-hydrogen) atoms. The third kappa shape index (κ3) is 3.19. The average Bonchev–Trinajstić information content (AvgIpc) is 3.07. The minimum atomic E-state index is 0.408. The second kappa shape index (κ2) is 6.16. The van der Waals surface area contributed by atoms with Gasteiger partial charge in [0.1, 0.15) is 5.82 Å². The van der Waals surface area contributed by atoms with Gasteiger partial charge in [0.05, 0.1) is 5.69 Å². The van der Waals surface area contributed by atoms with Gasteiger partial charge in [0.2, 0.25) is 0 Å². The molecule has 0 saturated carbocycles. The van der Waals surface area contributed by atoms with E-state index >= 15 is 0 Å². The lowest BCUT2D eigenvalue weighted by atomic mass is 10.1. The first-order valence-electron chi connectivity index (χ1n) is 8.10. The molecular formula is C17H25N5. The van der Waals surface area contributed by atoms with Gasteiger partial charge in [0.15, 0.2) is 0 Å². The number of rotatable bonds is 4. The van der Waals surface area contributed by atoms with Crippen molar-refractivity contribution in [2.45, 2.75) is 52.6 Å². The molecule has 0 spiro atoms. The fourth-order valence-corrected chi connectivity index (χ4v) is 3.28. The van der Waals surface area contributed by atoms with E-state index in [1.54, 1.807) is 0 Å². The van der Waals surface area contributed by atoms with Crippen molar-refractivity contribution >= 4 is 0 Å². The second-order valence-corrected chi connectivity index (χ2v) is 6.59. The fourth-order valence-electron chi connectivity index (χ4n) is 3.28. The highest BCUT2D eigenvalue weighted by Crippen LogP contribution is 2.26. The van der Waals surface area contributed by atoms with Crippen LogP contribution in [0.3, 0.4) is 0 Å². The summed E-state index contributed by atoms with van der Waals surface area (Å²) in [5.74, 6) is 1.46. The van der Waals surface area contributed by atoms with Gasteiger partial charge >= 0.3 is 0 Å². The Bertz CT molecular complexity index is 626. The SMILES string of the molecule is Cc1cc(C)nc([C@H]2CCN(Cc3ccnn3C(C)C)C2)n1. The summed E-state index contributed by atoms with van der Waals surface area (Å²) in [4.78, 5) is 11.8. The van der Waals surface area contributed by atoms with E-state index in [2.05, 4.69) is 44.6 Å². The molecular weight excluding hydrogens is 274 g/mol. The molecule has 1 atom stereocenters. The molecule has 0 aromatic carbocycles. The zero-order chi connectivity index (χ0) is 15.7. The minimum Gasteiger partial charge on any atom is -0.297 e. The Morgan fingerprint density at radius 1 is 1.23 bits per heavy atom. The molecule has 2 aromatic rings. The topological polar surface area (TPSA) is 46.8 Å². The van der Waals surface area contributed by atoms with Crippen molar-refractivity contribution in [1.82, 2.24) is 24.6 Å². The van der Waals surface area contributed by atoms with E-state index in [9.17, 15) is 0 Å². The van der Waals surface area contributed by atoms with Gasteiger partial charge in [0.25, 0.3) is 0 Å². The molecule has 2 aromatic heterocycles. The summed E-state index contributed by atoms with van der Waals surface area (Å²) < 4.78 is 2.11. The molecule has 0 unspecified atom stereocenters. The second-order valence-electron chi connectivity index (χ2n) is 6.59. The highest BCUT2D eigenvalue weighted by molar-refractivity contribution is 5.12. The molecule has 3 rings (SSSR count). The lowest BCUT2D eigenvalue weighted by Gasteiger charge is -2.18. The van der Waals surface area contributed by atoms with Crippen LogP contribution >= 0.6 is 0 Å². The number of likely N-dealkylation sites (tertiary alicyclic amines) is 1. The van der Waals surface area contributed by atoms with Crippen LogP contribution in [0.5, 0.6) is 0 Å². The van der Waals surface area contributed by atoms with E-state index in [1.807, 2.05) is 26.1 Å². The quantitative estimate of drug-likeness (QED) is 0.871. The fraction of sp³-hybridized carbons (Fsp3) is 0.588. The number of hydrogen-bond acceptors (Lipinski definition) is 4. The largest absolute Gasteiger partial charge is 0.297 e. The molecule has 1 aliphatic rings. The van der Waals surface area contributed by atoms with Crippen LogP contribution in [0.15, 0.2) is 18.3 Å². The van der Waals surface area contributed by atoms with E-state index in [4.69, 9.17) is 0 Å². The van der Waals surface area contributed by atoms with Crippen LogP contribution < -0.4 is 0 Å². The summed E-state index contributed by atoms with van der Waals surface area (Å²) in [5, 5.41) is 4.42. The van der Waals surface area contributed by atoms with Crippen molar-refractivity contribution < 1.29 is 0 Å². The van der Waals surface area contributed by atoms with Crippen LogP contribution in [-0.4, -0.2) is 37.7 Å². The molecule has 0 aliphatic carbocycles. The van der Waals surface area contributed by atoms with Gasteiger partial charge in [-0.25, -0.2) is 9.97 Å².